The van der Waals surface area contributed by atoms with Gasteiger partial charge in [0.05, 0.1) is 13.5 Å². The van der Waals surface area contributed by atoms with Crippen molar-refractivity contribution in [3.63, 3.8) is 0 Å². The summed E-state index contributed by atoms with van der Waals surface area (Å²) >= 11 is 0. The number of Topliss-reactive ketones (excluding diaryl/α,β-unsaturated/α-hetero) is 2. The molecule has 5 rings (SSSR count). The Bertz CT molecular complexity index is 1580. The topological polar surface area (TPSA) is 127 Å². The number of carboxylic acid groups (broad SMARTS) is 1. The molecule has 42 heavy (non-hydrogen) atoms. The number of carbonyl (C=O) groups is 3. The van der Waals surface area contributed by atoms with Gasteiger partial charge >= 0.3 is 16.1 Å². The quantitative estimate of drug-likeness (QED) is 0.297. The van der Waals surface area contributed by atoms with E-state index in [1.54, 1.807) is 36.4 Å². The van der Waals surface area contributed by atoms with Crippen molar-refractivity contribution in [3.8, 4) is 11.5 Å². The molecule has 10 heteroatoms. The number of rotatable bonds is 10. The summed E-state index contributed by atoms with van der Waals surface area (Å²) in [6, 6.07) is 11.2. The summed E-state index contributed by atoms with van der Waals surface area (Å²) < 4.78 is 37.6. The molecule has 1 N–H and O–H groups in total. The second-order valence-electron chi connectivity index (χ2n) is 10.6. The van der Waals surface area contributed by atoms with Crippen LogP contribution in [0.2, 0.25) is 0 Å². The number of ether oxygens (including phenoxy) is 1. The van der Waals surface area contributed by atoms with E-state index in [1.807, 2.05) is 4.90 Å². The van der Waals surface area contributed by atoms with Crippen molar-refractivity contribution >= 4 is 27.7 Å². The fourth-order valence-corrected chi connectivity index (χ4v) is 7.17. The predicted octanol–water partition coefficient (Wildman–Crippen LogP) is 5.08. The first-order chi connectivity index (χ1) is 20.2. The Morgan fingerprint density at radius 3 is 2.19 bits per heavy atom. The molecule has 220 valence electrons. The van der Waals surface area contributed by atoms with E-state index in [4.69, 9.17) is 8.92 Å². The molecule has 0 saturated carbocycles. The smallest absolute Gasteiger partial charge is 0.339 e. The number of hydrogen-bond donors (Lipinski definition) is 1. The number of carbonyl (C=O) groups excluding carboxylic acids is 2. The Morgan fingerprint density at radius 2 is 1.64 bits per heavy atom. The highest BCUT2D eigenvalue weighted by molar-refractivity contribution is 7.87. The zero-order valence-electron chi connectivity index (χ0n) is 23.4. The molecular weight excluding hydrogens is 558 g/mol. The molecule has 0 bridgehead atoms. The summed E-state index contributed by atoms with van der Waals surface area (Å²) in [5.74, 6) is -1.64. The van der Waals surface area contributed by atoms with E-state index in [2.05, 4.69) is 6.58 Å². The average Bonchev–Trinajstić information content (AvgIpc) is 2.97. The van der Waals surface area contributed by atoms with Crippen molar-refractivity contribution in [2.24, 2.45) is 0 Å². The zero-order valence-corrected chi connectivity index (χ0v) is 24.2. The molecule has 0 unspecified atom stereocenters. The Morgan fingerprint density at radius 1 is 1.02 bits per heavy atom. The number of carboxylic acids is 1. The van der Waals surface area contributed by atoms with E-state index in [0.717, 1.165) is 11.4 Å². The minimum atomic E-state index is -4.20. The van der Waals surface area contributed by atoms with Gasteiger partial charge in [0, 0.05) is 53.4 Å². The highest BCUT2D eigenvalue weighted by Gasteiger charge is 2.43. The number of aliphatic carboxylic acids is 1. The lowest BCUT2D eigenvalue weighted by Gasteiger charge is -2.44. The molecule has 0 amide bonds. The van der Waals surface area contributed by atoms with Crippen LogP contribution in [0.15, 0.2) is 82.6 Å². The molecule has 2 aromatic rings. The number of benzene rings is 2. The molecule has 0 atom stereocenters. The van der Waals surface area contributed by atoms with Gasteiger partial charge in [-0.15, -0.1) is 6.58 Å². The highest BCUT2D eigenvalue weighted by atomic mass is 32.2. The molecule has 9 nitrogen and oxygen atoms in total. The lowest BCUT2D eigenvalue weighted by molar-refractivity contribution is -0.137. The van der Waals surface area contributed by atoms with Crippen LogP contribution in [0.3, 0.4) is 0 Å². The summed E-state index contributed by atoms with van der Waals surface area (Å²) in [7, 11) is -2.79. The molecule has 2 aromatic carbocycles. The number of allylic oxidation sites excluding steroid dienone is 5. The lowest BCUT2D eigenvalue weighted by Crippen LogP contribution is -2.40. The zero-order chi connectivity index (χ0) is 30.0. The third kappa shape index (κ3) is 5.51. The Hall–Kier alpha value is -4.18. The molecule has 0 aromatic heterocycles. The summed E-state index contributed by atoms with van der Waals surface area (Å²) in [6.07, 6.45) is 4.84. The van der Waals surface area contributed by atoms with E-state index >= 15 is 0 Å². The molecule has 0 spiro atoms. The minimum Gasteiger partial charge on any atom is -0.493 e. The van der Waals surface area contributed by atoms with Crippen LogP contribution in [0.1, 0.15) is 62.0 Å². The van der Waals surface area contributed by atoms with Gasteiger partial charge < -0.3 is 18.9 Å². The maximum Gasteiger partial charge on any atom is 0.339 e. The Kier molecular flexibility index (Phi) is 8.36. The standard InChI is InChI=1S/C32H33NO8S/c1-3-9-20-18-21(19-27(40-2)32(20)41-42(38,39)22-10-5-4-6-11-22)29-30-23(12-7-14-25(30)34)33(17-16-28(36)37)24-13-8-15-26(35)31(24)29/h3-6,10-11,18-19,29H,1,7-9,12-17H2,2H3,(H,36,37). The van der Waals surface area contributed by atoms with Crippen LogP contribution in [-0.2, 0) is 30.9 Å². The van der Waals surface area contributed by atoms with Crippen LogP contribution in [0.5, 0.6) is 11.5 Å². The fourth-order valence-electron chi connectivity index (χ4n) is 6.18. The number of methoxy groups -OCH3 is 1. The van der Waals surface area contributed by atoms with Crippen molar-refractivity contribution in [3.05, 3.63) is 88.8 Å². The molecule has 1 aliphatic heterocycles. The summed E-state index contributed by atoms with van der Waals surface area (Å²) in [4.78, 5) is 40.5. The molecule has 0 saturated heterocycles. The van der Waals surface area contributed by atoms with Gasteiger partial charge in [0.25, 0.3) is 0 Å². The van der Waals surface area contributed by atoms with Crippen molar-refractivity contribution in [2.45, 2.75) is 62.2 Å². The van der Waals surface area contributed by atoms with Gasteiger partial charge in [0.15, 0.2) is 23.1 Å². The first-order valence-electron chi connectivity index (χ1n) is 14.0. The van der Waals surface area contributed by atoms with E-state index in [1.165, 1.54) is 19.2 Å². The van der Waals surface area contributed by atoms with Gasteiger partial charge in [-0.3, -0.25) is 14.4 Å². The fraction of sp³-hybridized carbons (Fsp3) is 0.344. The van der Waals surface area contributed by atoms with Crippen LogP contribution < -0.4 is 8.92 Å². The number of hydrogen-bond acceptors (Lipinski definition) is 8. The normalized spacial score (nSPS) is 17.6. The van der Waals surface area contributed by atoms with E-state index < -0.39 is 22.0 Å². The average molecular weight is 592 g/mol. The molecule has 0 fully saturated rings. The minimum absolute atomic E-state index is 0.0113. The summed E-state index contributed by atoms with van der Waals surface area (Å²) in [6.45, 7) is 4.00. The summed E-state index contributed by atoms with van der Waals surface area (Å²) in [5.41, 5.74) is 3.61. The molecule has 3 aliphatic rings. The van der Waals surface area contributed by atoms with Crippen LogP contribution in [0.25, 0.3) is 0 Å². The SMILES string of the molecule is C=CCc1cc(C2C3=C(CCCC3=O)N(CCC(=O)O)C3=C2C(=O)CCC3)cc(OC)c1OS(=O)(=O)c1ccccc1. The second kappa shape index (κ2) is 12.0. The number of ketones is 2. The monoisotopic (exact) mass is 591 g/mol. The van der Waals surface area contributed by atoms with Crippen LogP contribution in [0.4, 0.5) is 0 Å². The predicted molar refractivity (Wildman–Crippen MR) is 155 cm³/mol. The second-order valence-corrected chi connectivity index (χ2v) is 12.1. The Balaban J connectivity index is 1.69. The Labute approximate surface area is 245 Å². The van der Waals surface area contributed by atoms with E-state index in [-0.39, 0.29) is 47.3 Å². The van der Waals surface area contributed by atoms with Crippen LogP contribution >= 0.6 is 0 Å². The first kappa shape index (κ1) is 29.3. The lowest BCUT2D eigenvalue weighted by atomic mass is 9.70. The first-order valence-corrected chi connectivity index (χ1v) is 15.4. The van der Waals surface area contributed by atoms with Crippen LogP contribution in [0, 0.1) is 0 Å². The van der Waals surface area contributed by atoms with E-state index in [0.29, 0.717) is 60.8 Å². The van der Waals surface area contributed by atoms with Gasteiger partial charge in [-0.2, -0.15) is 8.42 Å². The highest BCUT2D eigenvalue weighted by Crippen LogP contribution is 2.51. The van der Waals surface area contributed by atoms with Crippen molar-refractivity contribution in [1.82, 2.24) is 4.90 Å². The van der Waals surface area contributed by atoms with Gasteiger partial charge in [0.1, 0.15) is 4.90 Å². The van der Waals surface area contributed by atoms with Gasteiger partial charge in [0.2, 0.25) is 0 Å². The van der Waals surface area contributed by atoms with Crippen LogP contribution in [-0.4, -0.2) is 49.6 Å². The van der Waals surface area contributed by atoms with Gasteiger partial charge in [-0.05, 0) is 55.9 Å². The molecular formula is C32H33NO8S. The largest absolute Gasteiger partial charge is 0.493 e. The van der Waals surface area contributed by atoms with E-state index in [9.17, 15) is 27.9 Å². The third-order valence-electron chi connectivity index (χ3n) is 7.93. The van der Waals surface area contributed by atoms with Crippen molar-refractivity contribution < 1.29 is 36.8 Å². The third-order valence-corrected chi connectivity index (χ3v) is 9.17. The van der Waals surface area contributed by atoms with Crippen molar-refractivity contribution in [1.29, 1.82) is 0 Å². The summed E-state index contributed by atoms with van der Waals surface area (Å²) in [5, 5.41) is 9.42. The molecule has 1 heterocycles. The number of nitrogens with zero attached hydrogens (tertiary/aromatic N) is 1. The molecule has 0 radical (unpaired) electrons. The van der Waals surface area contributed by atoms with Gasteiger partial charge in [-0.1, -0.05) is 30.3 Å². The van der Waals surface area contributed by atoms with Crippen molar-refractivity contribution in [2.75, 3.05) is 13.7 Å². The van der Waals surface area contributed by atoms with Gasteiger partial charge in [-0.25, -0.2) is 0 Å². The molecule has 2 aliphatic carbocycles. The maximum absolute atomic E-state index is 13.6. The maximum atomic E-state index is 13.6.